The summed E-state index contributed by atoms with van der Waals surface area (Å²) in [4.78, 5) is 17.6. The molecule has 3 rings (SSSR count). The van der Waals surface area contributed by atoms with E-state index in [0.29, 0.717) is 16.4 Å². The van der Waals surface area contributed by atoms with E-state index in [4.69, 9.17) is 15.6 Å². The number of hydrogen-bond donors (Lipinski definition) is 3. The van der Waals surface area contributed by atoms with E-state index in [9.17, 15) is 4.79 Å². The Morgan fingerprint density at radius 1 is 1.44 bits per heavy atom. The first-order valence-corrected chi connectivity index (χ1v) is 9.55. The second kappa shape index (κ2) is 7.47. The smallest absolute Gasteiger partial charge is 0.259 e. The quantitative estimate of drug-likeness (QED) is 0.686. The van der Waals surface area contributed by atoms with Gasteiger partial charge in [-0.2, -0.15) is 0 Å². The van der Waals surface area contributed by atoms with Crippen LogP contribution in [0, 0.1) is 0 Å². The van der Waals surface area contributed by atoms with E-state index in [0.717, 1.165) is 58.0 Å². The van der Waals surface area contributed by atoms with Crippen LogP contribution < -0.4 is 20.9 Å². The monoisotopic (exact) mass is 376 g/mol. The lowest BCUT2D eigenvalue weighted by Crippen LogP contribution is -2.17. The number of rotatable bonds is 5. The lowest BCUT2D eigenvalue weighted by atomic mass is 9.96. The molecule has 1 aromatic rings. The van der Waals surface area contributed by atoms with Crippen LogP contribution in [-0.2, 0) is 6.42 Å². The maximum atomic E-state index is 11.9. The fraction of sp³-hybridized carbons (Fsp3) is 0.294. The minimum absolute atomic E-state index is 0.433. The van der Waals surface area contributed by atoms with E-state index in [1.807, 2.05) is 26.1 Å². The second-order valence-corrected chi connectivity index (χ2v) is 7.36. The van der Waals surface area contributed by atoms with Crippen LogP contribution in [0.5, 0.6) is 5.06 Å². The number of fused-ring (bicyclic) bond motifs is 1. The maximum absolute atomic E-state index is 11.9. The molecule has 0 atom stereocenters. The molecule has 5 N–H and O–H groups in total. The van der Waals surface area contributed by atoms with Gasteiger partial charge < -0.3 is 15.8 Å². The molecule has 1 aromatic heterocycles. The molecular weight excluding hydrogens is 356 g/mol. The Morgan fingerprint density at radius 3 is 2.92 bits per heavy atom. The van der Waals surface area contributed by atoms with Crippen molar-refractivity contribution in [2.24, 2.45) is 15.9 Å². The molecule has 1 amide bonds. The third kappa shape index (κ3) is 3.51. The fourth-order valence-corrected chi connectivity index (χ4v) is 4.76. The van der Waals surface area contributed by atoms with Crippen LogP contribution in [0.25, 0.3) is 4.91 Å². The van der Waals surface area contributed by atoms with Crippen LogP contribution in [0.3, 0.4) is 0 Å². The number of hydrogen-bond acceptors (Lipinski definition) is 7. The van der Waals surface area contributed by atoms with Gasteiger partial charge in [0.15, 0.2) is 5.06 Å². The fourth-order valence-electron chi connectivity index (χ4n) is 2.93. The molecule has 0 spiro atoms. The van der Waals surface area contributed by atoms with Crippen LogP contribution >= 0.6 is 23.3 Å². The highest BCUT2D eigenvalue weighted by Crippen LogP contribution is 2.48. The summed E-state index contributed by atoms with van der Waals surface area (Å²) < 4.78 is 6.17. The van der Waals surface area contributed by atoms with Gasteiger partial charge in [0.1, 0.15) is 5.76 Å². The number of allylic oxidation sites excluding steroid dienone is 4. The van der Waals surface area contributed by atoms with Crippen molar-refractivity contribution in [1.29, 1.82) is 0 Å². The highest BCUT2D eigenvalue weighted by atomic mass is 32.2. The van der Waals surface area contributed by atoms with E-state index >= 15 is 0 Å². The van der Waals surface area contributed by atoms with Gasteiger partial charge in [0.2, 0.25) is 0 Å². The van der Waals surface area contributed by atoms with Crippen molar-refractivity contribution >= 4 is 39.8 Å². The molecule has 2 aliphatic rings. The minimum atomic E-state index is -0.433. The molecule has 0 saturated heterocycles. The summed E-state index contributed by atoms with van der Waals surface area (Å²) in [6, 6.07) is 0. The molecular formula is C17H20N4O2S2. The topological polar surface area (TPSA) is 103 Å². The average Bonchev–Trinajstić information content (AvgIpc) is 2.83. The summed E-state index contributed by atoms with van der Waals surface area (Å²) >= 11 is 2.45. The summed E-state index contributed by atoms with van der Waals surface area (Å²) in [5.74, 6) is 0.339. The Bertz CT molecular complexity index is 834. The number of thiophene rings is 1. The van der Waals surface area contributed by atoms with Crippen LogP contribution in [0.2, 0.25) is 0 Å². The standard InChI is InChI=1S/C17H20N4O2S2/c1-9-8-10(4-3-7-21-9)23-17-13-11(14(24-17)16(18)22)5-6-12(20-2)15(13)25-19/h3-4,7,20H,5-6,8,19H2,1-2H3,(H2,18,22). The predicted octanol–water partition coefficient (Wildman–Crippen LogP) is 2.93. The van der Waals surface area contributed by atoms with E-state index in [2.05, 4.69) is 10.3 Å². The third-order valence-corrected chi connectivity index (χ3v) is 5.87. The predicted molar refractivity (Wildman–Crippen MR) is 104 cm³/mol. The maximum Gasteiger partial charge on any atom is 0.259 e. The van der Waals surface area contributed by atoms with Crippen molar-refractivity contribution in [2.75, 3.05) is 7.05 Å². The molecule has 132 valence electrons. The Morgan fingerprint density at radius 2 is 2.24 bits per heavy atom. The van der Waals surface area contributed by atoms with Gasteiger partial charge in [0.05, 0.1) is 9.78 Å². The molecule has 25 heavy (non-hydrogen) atoms. The number of carbonyl (C=O) groups is 1. The summed E-state index contributed by atoms with van der Waals surface area (Å²) in [6.45, 7) is 1.95. The lowest BCUT2D eigenvalue weighted by molar-refractivity contribution is 0.100. The van der Waals surface area contributed by atoms with E-state index in [-0.39, 0.29) is 0 Å². The number of amides is 1. The molecule has 0 aromatic carbocycles. The molecule has 0 unspecified atom stereocenters. The molecule has 1 aliphatic carbocycles. The number of primary amides is 1. The Labute approximate surface area is 154 Å². The van der Waals surface area contributed by atoms with E-state index < -0.39 is 5.91 Å². The van der Waals surface area contributed by atoms with Gasteiger partial charge in [-0.25, -0.2) is 0 Å². The van der Waals surface area contributed by atoms with Gasteiger partial charge in [-0.1, -0.05) is 11.3 Å². The number of nitrogens with two attached hydrogens (primary N) is 2. The molecule has 0 radical (unpaired) electrons. The highest BCUT2D eigenvalue weighted by molar-refractivity contribution is 8.06. The first-order chi connectivity index (χ1) is 12.0. The van der Waals surface area contributed by atoms with Crippen molar-refractivity contribution in [3.05, 3.63) is 45.8 Å². The zero-order valence-corrected chi connectivity index (χ0v) is 15.7. The van der Waals surface area contributed by atoms with Crippen LogP contribution in [0.4, 0.5) is 0 Å². The molecule has 0 fully saturated rings. The average molecular weight is 377 g/mol. The third-order valence-electron chi connectivity index (χ3n) is 4.06. The van der Waals surface area contributed by atoms with Crippen molar-refractivity contribution in [3.63, 3.8) is 0 Å². The first kappa shape index (κ1) is 17.8. The first-order valence-electron chi connectivity index (χ1n) is 7.85. The number of ether oxygens (including phenoxy) is 1. The number of nitrogens with one attached hydrogen (secondary N) is 1. The molecule has 8 heteroatoms. The highest BCUT2D eigenvalue weighted by Gasteiger charge is 2.30. The zero-order chi connectivity index (χ0) is 18.0. The second-order valence-electron chi connectivity index (χ2n) is 5.73. The van der Waals surface area contributed by atoms with Gasteiger partial charge in [0.25, 0.3) is 5.91 Å². The van der Waals surface area contributed by atoms with Gasteiger partial charge in [0, 0.05) is 36.6 Å². The van der Waals surface area contributed by atoms with Crippen molar-refractivity contribution in [2.45, 2.75) is 26.2 Å². The van der Waals surface area contributed by atoms with Crippen LogP contribution in [0.1, 0.15) is 40.6 Å². The van der Waals surface area contributed by atoms with Crippen molar-refractivity contribution in [1.82, 2.24) is 5.32 Å². The number of aliphatic imine (C=N–C) groups is 1. The van der Waals surface area contributed by atoms with Gasteiger partial charge >= 0.3 is 0 Å². The van der Waals surface area contributed by atoms with Crippen LogP contribution in [0.15, 0.2) is 34.8 Å². The zero-order valence-electron chi connectivity index (χ0n) is 14.1. The van der Waals surface area contributed by atoms with Crippen molar-refractivity contribution in [3.8, 4) is 5.06 Å². The lowest BCUT2D eigenvalue weighted by Gasteiger charge is -2.21. The molecule has 6 nitrogen and oxygen atoms in total. The molecule has 1 aliphatic heterocycles. The number of nitrogens with zero attached hydrogens (tertiary/aromatic N) is 1. The summed E-state index contributed by atoms with van der Waals surface area (Å²) in [7, 11) is 1.87. The molecule has 2 heterocycles. The molecule has 0 saturated carbocycles. The Hall–Kier alpha value is -2.03. The summed E-state index contributed by atoms with van der Waals surface area (Å²) in [5, 5.41) is 9.78. The van der Waals surface area contributed by atoms with Gasteiger partial charge in [-0.3, -0.25) is 14.9 Å². The van der Waals surface area contributed by atoms with Crippen molar-refractivity contribution < 1.29 is 9.53 Å². The number of carbonyl (C=O) groups excluding carboxylic acids is 1. The molecule has 0 bridgehead atoms. The van der Waals surface area contributed by atoms with Crippen LogP contribution in [-0.4, -0.2) is 18.7 Å². The normalized spacial score (nSPS) is 16.8. The van der Waals surface area contributed by atoms with Gasteiger partial charge in [-0.15, -0.1) is 0 Å². The summed E-state index contributed by atoms with van der Waals surface area (Å²) in [5.41, 5.74) is 9.40. The Balaban J connectivity index is 2.08. The van der Waals surface area contributed by atoms with E-state index in [1.54, 1.807) is 6.20 Å². The Kier molecular flexibility index (Phi) is 5.31. The summed E-state index contributed by atoms with van der Waals surface area (Å²) in [6.07, 6.45) is 7.60. The minimum Gasteiger partial charge on any atom is -0.450 e. The SMILES string of the molecule is CNC1=C(SN)c2c(OC3=CC=CN=C(C)C3)sc(C(N)=O)c2CC1. The largest absolute Gasteiger partial charge is 0.450 e. The van der Waals surface area contributed by atoms with Gasteiger partial charge in [-0.05, 0) is 49.4 Å². The van der Waals surface area contributed by atoms with E-state index in [1.165, 1.54) is 11.3 Å².